The molecule has 0 atom stereocenters. The fraction of sp³-hybridized carbons (Fsp3) is 0.524. The number of carbonyl (C=O) groups excluding carboxylic acids is 1. The summed E-state index contributed by atoms with van der Waals surface area (Å²) in [5, 5.41) is 15.8. The molecule has 0 unspecified atom stereocenters. The number of amides is 1. The van der Waals surface area contributed by atoms with Crippen LogP contribution >= 0.6 is 23.1 Å². The number of anilines is 2. The van der Waals surface area contributed by atoms with Gasteiger partial charge in [-0.3, -0.25) is 4.79 Å². The van der Waals surface area contributed by atoms with E-state index in [0.717, 1.165) is 56.1 Å². The average Bonchev–Trinajstić information content (AvgIpc) is 3.25. The summed E-state index contributed by atoms with van der Waals surface area (Å²) >= 11 is 2.75. The summed E-state index contributed by atoms with van der Waals surface area (Å²) < 4.78 is 0. The lowest BCUT2D eigenvalue weighted by Crippen LogP contribution is -2.35. The zero-order valence-corrected chi connectivity index (χ0v) is 18.2. The Morgan fingerprint density at radius 1 is 1.34 bits per heavy atom. The van der Waals surface area contributed by atoms with Gasteiger partial charge in [0.2, 0.25) is 5.91 Å². The smallest absolute Gasteiger partial charge is 0.236 e. The highest BCUT2D eigenvalue weighted by Gasteiger charge is 2.27. The van der Waals surface area contributed by atoms with Crippen LogP contribution in [0.5, 0.6) is 0 Å². The van der Waals surface area contributed by atoms with Crippen LogP contribution in [0.1, 0.15) is 49.3 Å². The quantitative estimate of drug-likeness (QED) is 0.718. The fourth-order valence-electron chi connectivity index (χ4n) is 4.05. The zero-order chi connectivity index (χ0) is 20.2. The Morgan fingerprint density at radius 3 is 2.79 bits per heavy atom. The highest BCUT2D eigenvalue weighted by Crippen LogP contribution is 2.37. The minimum absolute atomic E-state index is 0.123. The van der Waals surface area contributed by atoms with Crippen molar-refractivity contribution in [2.75, 3.05) is 29.1 Å². The second-order valence-electron chi connectivity index (χ2n) is 7.74. The molecule has 1 aliphatic carbocycles. The lowest BCUT2D eigenvalue weighted by atomic mass is 9.88. The molecule has 0 bridgehead atoms. The van der Waals surface area contributed by atoms with Gasteiger partial charge in [-0.05, 0) is 55.6 Å². The summed E-state index contributed by atoms with van der Waals surface area (Å²) in [5.41, 5.74) is 3.09. The second kappa shape index (κ2) is 9.14. The van der Waals surface area contributed by atoms with Gasteiger partial charge in [-0.1, -0.05) is 18.7 Å². The summed E-state index contributed by atoms with van der Waals surface area (Å²) in [4.78, 5) is 23.7. The molecule has 0 spiro atoms. The van der Waals surface area contributed by atoms with E-state index in [-0.39, 0.29) is 11.7 Å². The number of fused-ring (bicyclic) bond motifs is 1. The molecular weight excluding hydrogens is 402 g/mol. The van der Waals surface area contributed by atoms with Gasteiger partial charge in [0.25, 0.3) is 0 Å². The van der Waals surface area contributed by atoms with Crippen LogP contribution in [-0.4, -0.2) is 34.7 Å². The maximum Gasteiger partial charge on any atom is 0.236 e. The van der Waals surface area contributed by atoms with Gasteiger partial charge in [-0.2, -0.15) is 5.26 Å². The highest BCUT2D eigenvalue weighted by atomic mass is 32.2. The largest absolute Gasteiger partial charge is 0.356 e. The van der Waals surface area contributed by atoms with Gasteiger partial charge in [0.1, 0.15) is 16.9 Å². The van der Waals surface area contributed by atoms with Gasteiger partial charge >= 0.3 is 0 Å². The number of carbonyl (C=O) groups is 1. The van der Waals surface area contributed by atoms with Crippen molar-refractivity contribution in [2.24, 2.45) is 5.92 Å². The third-order valence-electron chi connectivity index (χ3n) is 5.67. The highest BCUT2D eigenvalue weighted by molar-refractivity contribution is 8.00. The number of nitrogens with zero attached hydrogens (tertiary/aromatic N) is 4. The molecule has 1 amide bonds. The van der Waals surface area contributed by atoms with Crippen LogP contribution in [0.15, 0.2) is 16.6 Å². The number of aromatic nitrogens is 2. The van der Waals surface area contributed by atoms with Crippen molar-refractivity contribution in [2.45, 2.75) is 50.5 Å². The molecule has 2 aromatic heterocycles. The Kier molecular flexibility index (Phi) is 6.36. The van der Waals surface area contributed by atoms with E-state index in [9.17, 15) is 10.1 Å². The van der Waals surface area contributed by atoms with E-state index in [1.165, 1.54) is 41.5 Å². The van der Waals surface area contributed by atoms with Gasteiger partial charge < -0.3 is 10.2 Å². The van der Waals surface area contributed by atoms with Crippen LogP contribution in [0.4, 0.5) is 10.9 Å². The van der Waals surface area contributed by atoms with Crippen LogP contribution in [0.3, 0.4) is 0 Å². The molecule has 1 saturated heterocycles. The third-order valence-corrected chi connectivity index (χ3v) is 7.34. The molecule has 0 aromatic carbocycles. The summed E-state index contributed by atoms with van der Waals surface area (Å²) in [7, 11) is 0. The van der Waals surface area contributed by atoms with Crippen LogP contribution < -0.4 is 10.2 Å². The van der Waals surface area contributed by atoms with Crippen molar-refractivity contribution >= 4 is 40.0 Å². The Morgan fingerprint density at radius 2 is 2.10 bits per heavy atom. The van der Waals surface area contributed by atoms with E-state index in [1.807, 2.05) is 5.38 Å². The first-order valence-electron chi connectivity index (χ1n) is 10.2. The summed E-state index contributed by atoms with van der Waals surface area (Å²) in [6.07, 6.45) is 8.20. The van der Waals surface area contributed by atoms with Crippen LogP contribution in [0, 0.1) is 17.2 Å². The number of piperidine rings is 1. The summed E-state index contributed by atoms with van der Waals surface area (Å²) in [6.45, 7) is 4.34. The lowest BCUT2D eigenvalue weighted by Gasteiger charge is -2.34. The zero-order valence-electron chi connectivity index (χ0n) is 16.6. The number of thioether (sulfide) groups is 1. The Hall–Kier alpha value is -2.11. The molecule has 2 aromatic rings. The maximum atomic E-state index is 12.3. The maximum absolute atomic E-state index is 12.3. The summed E-state index contributed by atoms with van der Waals surface area (Å²) in [6, 6.07) is 2.39. The molecule has 1 N–H and O–H groups in total. The SMILES string of the molecule is CC1CCN(c2nc(SCC(=O)Nc3nccs3)c(C#N)c3c2CCCC3)CC1. The van der Waals surface area contributed by atoms with Crippen molar-refractivity contribution in [3.63, 3.8) is 0 Å². The van der Waals surface area contributed by atoms with E-state index in [0.29, 0.717) is 15.7 Å². The number of pyridine rings is 1. The predicted molar refractivity (Wildman–Crippen MR) is 118 cm³/mol. The van der Waals surface area contributed by atoms with E-state index < -0.39 is 0 Å². The number of rotatable bonds is 5. The second-order valence-corrected chi connectivity index (χ2v) is 9.59. The molecule has 8 heteroatoms. The molecule has 0 radical (unpaired) electrons. The molecule has 2 aliphatic rings. The summed E-state index contributed by atoms with van der Waals surface area (Å²) in [5.74, 6) is 1.90. The van der Waals surface area contributed by atoms with Gasteiger partial charge in [0.05, 0.1) is 11.3 Å². The van der Waals surface area contributed by atoms with Crippen molar-refractivity contribution in [1.29, 1.82) is 5.26 Å². The number of nitriles is 1. The lowest BCUT2D eigenvalue weighted by molar-refractivity contribution is -0.113. The Balaban J connectivity index is 1.59. The number of thiazole rings is 1. The first kappa shape index (κ1) is 20.2. The number of hydrogen-bond donors (Lipinski definition) is 1. The Labute approximate surface area is 179 Å². The molecule has 6 nitrogen and oxygen atoms in total. The van der Waals surface area contributed by atoms with Crippen molar-refractivity contribution < 1.29 is 4.79 Å². The van der Waals surface area contributed by atoms with Crippen molar-refractivity contribution in [3.8, 4) is 6.07 Å². The van der Waals surface area contributed by atoms with Crippen LogP contribution in [0.2, 0.25) is 0 Å². The predicted octanol–water partition coefficient (Wildman–Crippen LogP) is 4.26. The normalized spacial score (nSPS) is 16.9. The molecule has 152 valence electrons. The third kappa shape index (κ3) is 4.57. The van der Waals surface area contributed by atoms with Gasteiger partial charge in [0.15, 0.2) is 5.13 Å². The van der Waals surface area contributed by atoms with Crippen molar-refractivity contribution in [3.05, 3.63) is 28.3 Å². The topological polar surface area (TPSA) is 81.9 Å². The molecule has 1 aliphatic heterocycles. The molecule has 1 fully saturated rings. The molecule has 4 rings (SSSR count). The van der Waals surface area contributed by atoms with Crippen LogP contribution in [-0.2, 0) is 17.6 Å². The molecule has 29 heavy (non-hydrogen) atoms. The standard InChI is InChI=1S/C21H25N5OS2/c1-14-6-9-26(10-7-14)19-16-5-3-2-4-15(16)17(12-22)20(25-19)29-13-18(27)24-21-23-8-11-28-21/h8,11,14H,2-7,9-10,13H2,1H3,(H,23,24,27). The van der Waals surface area contributed by atoms with Crippen molar-refractivity contribution in [1.82, 2.24) is 9.97 Å². The molecule has 0 saturated carbocycles. The first-order chi connectivity index (χ1) is 14.2. The van der Waals surface area contributed by atoms with E-state index in [1.54, 1.807) is 6.20 Å². The van der Waals surface area contributed by atoms with Gasteiger partial charge in [-0.25, -0.2) is 9.97 Å². The van der Waals surface area contributed by atoms with E-state index in [2.05, 4.69) is 28.2 Å². The minimum atomic E-state index is -0.123. The monoisotopic (exact) mass is 427 g/mol. The first-order valence-corrected chi connectivity index (χ1v) is 12.0. The number of nitrogens with one attached hydrogen (secondary N) is 1. The van der Waals surface area contributed by atoms with Crippen LogP contribution in [0.25, 0.3) is 0 Å². The van der Waals surface area contributed by atoms with E-state index in [4.69, 9.17) is 4.98 Å². The Bertz CT molecular complexity index is 914. The molecule has 3 heterocycles. The average molecular weight is 428 g/mol. The van der Waals surface area contributed by atoms with Gasteiger partial charge in [-0.15, -0.1) is 11.3 Å². The van der Waals surface area contributed by atoms with Gasteiger partial charge in [0, 0.05) is 24.7 Å². The van der Waals surface area contributed by atoms with E-state index >= 15 is 0 Å². The fourth-order valence-corrected chi connectivity index (χ4v) is 5.40. The molecular formula is C21H25N5OS2. The number of hydrogen-bond acceptors (Lipinski definition) is 7. The minimum Gasteiger partial charge on any atom is -0.356 e.